The minimum absolute atomic E-state index is 0.0697. The third kappa shape index (κ3) is 2.93. The van der Waals surface area contributed by atoms with Crippen molar-refractivity contribution in [1.29, 1.82) is 0 Å². The number of ketones is 1. The van der Waals surface area contributed by atoms with Gasteiger partial charge >= 0.3 is 0 Å². The average Bonchev–Trinajstić information content (AvgIpc) is 2.42. The number of para-hydroxylation sites is 1. The van der Waals surface area contributed by atoms with E-state index in [-0.39, 0.29) is 10.8 Å². The maximum absolute atomic E-state index is 13.1. The fraction of sp³-hybridized carbons (Fsp3) is 0.133. The van der Waals surface area contributed by atoms with Crippen molar-refractivity contribution in [3.05, 3.63) is 64.4 Å². The van der Waals surface area contributed by atoms with Crippen molar-refractivity contribution in [2.45, 2.75) is 6.92 Å². The lowest BCUT2D eigenvalue weighted by Crippen LogP contribution is -2.05. The largest absolute Gasteiger partial charge is 0.493 e. The van der Waals surface area contributed by atoms with Gasteiger partial charge < -0.3 is 4.74 Å². The normalized spacial score (nSPS) is 10.3. The van der Waals surface area contributed by atoms with E-state index in [1.54, 1.807) is 24.3 Å². The molecule has 0 amide bonds. The molecule has 0 spiro atoms. The van der Waals surface area contributed by atoms with Crippen molar-refractivity contribution >= 4 is 17.4 Å². The molecule has 0 saturated heterocycles. The molecule has 2 nitrogen and oxygen atoms in total. The SMILES string of the molecule is CCOc1ccccc1C(=O)c1ccc(F)c(Cl)c1. The molecule has 0 radical (unpaired) electrons. The lowest BCUT2D eigenvalue weighted by atomic mass is 10.0. The van der Waals surface area contributed by atoms with E-state index in [1.807, 2.05) is 6.92 Å². The second-order valence-corrected chi connectivity index (χ2v) is 4.29. The number of benzene rings is 2. The number of carbonyl (C=O) groups is 1. The van der Waals surface area contributed by atoms with E-state index >= 15 is 0 Å². The van der Waals surface area contributed by atoms with Gasteiger partial charge in [0.15, 0.2) is 5.78 Å². The summed E-state index contributed by atoms with van der Waals surface area (Å²) in [4.78, 5) is 12.3. The van der Waals surface area contributed by atoms with Gasteiger partial charge in [0.2, 0.25) is 0 Å². The number of hydrogen-bond acceptors (Lipinski definition) is 2. The first-order valence-electron chi connectivity index (χ1n) is 5.85. The quantitative estimate of drug-likeness (QED) is 0.787. The summed E-state index contributed by atoms with van der Waals surface area (Å²) in [7, 11) is 0. The fourth-order valence-electron chi connectivity index (χ4n) is 1.73. The Morgan fingerprint density at radius 2 is 2.00 bits per heavy atom. The lowest BCUT2D eigenvalue weighted by Gasteiger charge is -2.09. The summed E-state index contributed by atoms with van der Waals surface area (Å²) in [5, 5.41) is -0.0697. The highest BCUT2D eigenvalue weighted by atomic mass is 35.5. The molecule has 0 aliphatic carbocycles. The summed E-state index contributed by atoms with van der Waals surface area (Å²) in [6.45, 7) is 2.31. The molecular formula is C15H12ClFO2. The van der Waals surface area contributed by atoms with Gasteiger partial charge in [-0.25, -0.2) is 4.39 Å². The molecule has 0 saturated carbocycles. The zero-order valence-electron chi connectivity index (χ0n) is 10.3. The predicted molar refractivity (Wildman–Crippen MR) is 72.5 cm³/mol. The van der Waals surface area contributed by atoms with Crippen LogP contribution in [0.25, 0.3) is 0 Å². The van der Waals surface area contributed by atoms with Crippen LogP contribution in [0.2, 0.25) is 5.02 Å². The van der Waals surface area contributed by atoms with Crippen LogP contribution >= 0.6 is 11.6 Å². The van der Waals surface area contributed by atoms with Gasteiger partial charge in [-0.15, -0.1) is 0 Å². The zero-order chi connectivity index (χ0) is 13.8. The average molecular weight is 279 g/mol. The van der Waals surface area contributed by atoms with Gasteiger partial charge in [0.05, 0.1) is 17.2 Å². The highest BCUT2D eigenvalue weighted by molar-refractivity contribution is 6.31. The van der Waals surface area contributed by atoms with Crippen molar-refractivity contribution in [2.24, 2.45) is 0 Å². The molecule has 0 N–H and O–H groups in total. The van der Waals surface area contributed by atoms with Gasteiger partial charge in [0.1, 0.15) is 11.6 Å². The van der Waals surface area contributed by atoms with Crippen LogP contribution in [0.15, 0.2) is 42.5 Å². The van der Waals surface area contributed by atoms with Crippen molar-refractivity contribution < 1.29 is 13.9 Å². The second-order valence-electron chi connectivity index (χ2n) is 3.89. The standard InChI is InChI=1S/C15H12ClFO2/c1-2-19-14-6-4-3-5-11(14)15(18)10-7-8-13(17)12(16)9-10/h3-9H,2H2,1H3. The van der Waals surface area contributed by atoms with Crippen molar-refractivity contribution in [1.82, 2.24) is 0 Å². The molecule has 0 aliphatic rings. The van der Waals surface area contributed by atoms with Gasteiger partial charge in [0, 0.05) is 5.56 Å². The van der Waals surface area contributed by atoms with E-state index in [4.69, 9.17) is 16.3 Å². The van der Waals surface area contributed by atoms with Crippen LogP contribution in [0.5, 0.6) is 5.75 Å². The molecule has 0 aliphatic heterocycles. The van der Waals surface area contributed by atoms with Crippen molar-refractivity contribution in [3.8, 4) is 5.75 Å². The number of rotatable bonds is 4. The molecule has 2 rings (SSSR count). The Balaban J connectivity index is 2.41. The van der Waals surface area contributed by atoms with E-state index < -0.39 is 5.82 Å². The van der Waals surface area contributed by atoms with E-state index in [2.05, 4.69) is 0 Å². The maximum Gasteiger partial charge on any atom is 0.196 e. The molecular weight excluding hydrogens is 267 g/mol. The Hall–Kier alpha value is -1.87. The molecule has 0 aromatic heterocycles. The molecule has 98 valence electrons. The molecule has 0 bridgehead atoms. The Labute approximate surface area is 115 Å². The number of carbonyl (C=O) groups excluding carboxylic acids is 1. The Kier molecular flexibility index (Phi) is 4.17. The van der Waals surface area contributed by atoms with E-state index in [9.17, 15) is 9.18 Å². The molecule has 2 aromatic rings. The summed E-state index contributed by atoms with van der Waals surface area (Å²) in [5.74, 6) is -0.280. The molecule has 0 fully saturated rings. The van der Waals surface area contributed by atoms with Crippen molar-refractivity contribution in [3.63, 3.8) is 0 Å². The number of hydrogen-bond donors (Lipinski definition) is 0. The van der Waals surface area contributed by atoms with Crippen LogP contribution in [0.3, 0.4) is 0 Å². The van der Waals surface area contributed by atoms with Crippen LogP contribution in [0.4, 0.5) is 4.39 Å². The molecule has 19 heavy (non-hydrogen) atoms. The summed E-state index contributed by atoms with van der Waals surface area (Å²) in [5.41, 5.74) is 0.769. The minimum atomic E-state index is -0.545. The van der Waals surface area contributed by atoms with Crippen LogP contribution in [-0.2, 0) is 0 Å². The number of halogens is 2. The molecule has 4 heteroatoms. The topological polar surface area (TPSA) is 26.3 Å². The van der Waals surface area contributed by atoms with Crippen LogP contribution in [0, 0.1) is 5.82 Å². The first-order valence-corrected chi connectivity index (χ1v) is 6.23. The first-order chi connectivity index (χ1) is 9.13. The van der Waals surface area contributed by atoms with Gasteiger partial charge in [-0.1, -0.05) is 23.7 Å². The summed E-state index contributed by atoms with van der Waals surface area (Å²) < 4.78 is 18.5. The summed E-state index contributed by atoms with van der Waals surface area (Å²) in [6.07, 6.45) is 0. The summed E-state index contributed by atoms with van der Waals surface area (Å²) >= 11 is 5.69. The maximum atomic E-state index is 13.1. The number of ether oxygens (including phenoxy) is 1. The molecule has 0 unspecified atom stereocenters. The van der Waals surface area contributed by atoms with Crippen LogP contribution in [-0.4, -0.2) is 12.4 Å². The third-order valence-corrected chi connectivity index (χ3v) is 2.90. The highest BCUT2D eigenvalue weighted by Crippen LogP contribution is 2.24. The van der Waals surface area contributed by atoms with Crippen LogP contribution < -0.4 is 4.74 Å². The Bertz CT molecular complexity index is 611. The van der Waals surface area contributed by atoms with Gasteiger partial charge in [-0.05, 0) is 37.3 Å². The molecule has 2 aromatic carbocycles. The van der Waals surface area contributed by atoms with Gasteiger partial charge in [-0.3, -0.25) is 4.79 Å². The predicted octanol–water partition coefficient (Wildman–Crippen LogP) is 4.11. The zero-order valence-corrected chi connectivity index (χ0v) is 11.1. The van der Waals surface area contributed by atoms with Gasteiger partial charge in [-0.2, -0.15) is 0 Å². The van der Waals surface area contributed by atoms with Crippen LogP contribution in [0.1, 0.15) is 22.8 Å². The minimum Gasteiger partial charge on any atom is -0.493 e. The highest BCUT2D eigenvalue weighted by Gasteiger charge is 2.15. The Morgan fingerprint density at radius 3 is 2.68 bits per heavy atom. The van der Waals surface area contributed by atoms with Crippen molar-refractivity contribution in [2.75, 3.05) is 6.61 Å². The Morgan fingerprint density at radius 1 is 1.26 bits per heavy atom. The molecule has 0 atom stereocenters. The third-order valence-electron chi connectivity index (χ3n) is 2.61. The first kappa shape index (κ1) is 13.6. The van der Waals surface area contributed by atoms with E-state index in [0.29, 0.717) is 23.5 Å². The van der Waals surface area contributed by atoms with E-state index in [1.165, 1.54) is 18.2 Å². The van der Waals surface area contributed by atoms with Gasteiger partial charge in [0.25, 0.3) is 0 Å². The fourth-order valence-corrected chi connectivity index (χ4v) is 1.91. The second kappa shape index (κ2) is 5.85. The van der Waals surface area contributed by atoms with E-state index in [0.717, 1.165) is 0 Å². The molecule has 0 heterocycles. The monoisotopic (exact) mass is 278 g/mol. The smallest absolute Gasteiger partial charge is 0.196 e. The summed E-state index contributed by atoms with van der Waals surface area (Å²) in [6, 6.07) is 10.8. The lowest BCUT2D eigenvalue weighted by molar-refractivity contribution is 0.103.